The standard InChI is InChI=1S/C13H14/c1-3-7-12-10(5-1)9-11-6-2-4-8-13(11)12/h3-4,7-10H,1-2,5-6H2. The lowest BCUT2D eigenvalue weighted by Crippen LogP contribution is -2.00. The Balaban J connectivity index is 2.12. The molecule has 13 heavy (non-hydrogen) atoms. The summed E-state index contributed by atoms with van der Waals surface area (Å²) in [6.07, 6.45) is 16.9. The van der Waals surface area contributed by atoms with Crippen LogP contribution in [0.5, 0.6) is 0 Å². The molecule has 0 N–H and O–H groups in total. The van der Waals surface area contributed by atoms with Gasteiger partial charge in [-0.25, -0.2) is 0 Å². The molecule has 0 aromatic rings. The van der Waals surface area contributed by atoms with Gasteiger partial charge >= 0.3 is 0 Å². The summed E-state index contributed by atoms with van der Waals surface area (Å²) < 4.78 is 0. The van der Waals surface area contributed by atoms with Crippen molar-refractivity contribution in [2.75, 3.05) is 0 Å². The summed E-state index contributed by atoms with van der Waals surface area (Å²) in [6.45, 7) is 0. The van der Waals surface area contributed by atoms with E-state index >= 15 is 0 Å². The van der Waals surface area contributed by atoms with Crippen LogP contribution in [-0.4, -0.2) is 0 Å². The van der Waals surface area contributed by atoms with Gasteiger partial charge < -0.3 is 0 Å². The monoisotopic (exact) mass is 170 g/mol. The molecular formula is C13H14. The van der Waals surface area contributed by atoms with Crippen molar-refractivity contribution in [1.29, 1.82) is 0 Å². The Bertz CT molecular complexity index is 350. The van der Waals surface area contributed by atoms with Crippen molar-refractivity contribution >= 4 is 0 Å². The molecule has 0 aromatic heterocycles. The van der Waals surface area contributed by atoms with Crippen LogP contribution < -0.4 is 0 Å². The molecule has 0 amide bonds. The summed E-state index contributed by atoms with van der Waals surface area (Å²) in [7, 11) is 0. The summed E-state index contributed by atoms with van der Waals surface area (Å²) in [6, 6.07) is 0. The van der Waals surface area contributed by atoms with Crippen LogP contribution in [-0.2, 0) is 0 Å². The molecule has 0 heterocycles. The molecule has 3 aliphatic carbocycles. The largest absolute Gasteiger partial charge is 0.0842 e. The highest BCUT2D eigenvalue weighted by Crippen LogP contribution is 2.41. The fourth-order valence-electron chi connectivity index (χ4n) is 2.61. The van der Waals surface area contributed by atoms with Gasteiger partial charge in [0.2, 0.25) is 0 Å². The van der Waals surface area contributed by atoms with E-state index in [0.717, 1.165) is 5.92 Å². The average Bonchev–Trinajstić information content (AvgIpc) is 2.56. The quantitative estimate of drug-likeness (QED) is 0.521. The highest BCUT2D eigenvalue weighted by Gasteiger charge is 2.25. The van der Waals surface area contributed by atoms with E-state index in [1.54, 1.807) is 11.1 Å². The van der Waals surface area contributed by atoms with E-state index in [2.05, 4.69) is 30.4 Å². The fraction of sp³-hybridized carbons (Fsp3) is 0.385. The average molecular weight is 170 g/mol. The lowest BCUT2D eigenvalue weighted by atomic mass is 9.90. The van der Waals surface area contributed by atoms with Crippen LogP contribution >= 0.6 is 0 Å². The Morgan fingerprint density at radius 2 is 2.00 bits per heavy atom. The zero-order chi connectivity index (χ0) is 8.67. The first-order valence-corrected chi connectivity index (χ1v) is 5.23. The lowest BCUT2D eigenvalue weighted by molar-refractivity contribution is 0.684. The second kappa shape index (κ2) is 2.73. The van der Waals surface area contributed by atoms with Gasteiger partial charge in [0.25, 0.3) is 0 Å². The van der Waals surface area contributed by atoms with Crippen molar-refractivity contribution in [2.24, 2.45) is 5.92 Å². The highest BCUT2D eigenvalue weighted by molar-refractivity contribution is 5.56. The lowest BCUT2D eigenvalue weighted by Gasteiger charge is -2.15. The predicted molar refractivity (Wildman–Crippen MR) is 55.3 cm³/mol. The third-order valence-corrected chi connectivity index (χ3v) is 3.27. The minimum Gasteiger partial charge on any atom is -0.0842 e. The van der Waals surface area contributed by atoms with E-state index < -0.39 is 0 Å². The molecule has 0 fully saturated rings. The second-order valence-electron chi connectivity index (χ2n) is 4.09. The minimum atomic E-state index is 0.748. The molecule has 0 bridgehead atoms. The van der Waals surface area contributed by atoms with Gasteiger partial charge in [-0.1, -0.05) is 30.4 Å². The van der Waals surface area contributed by atoms with Gasteiger partial charge in [0.05, 0.1) is 0 Å². The molecule has 1 unspecified atom stereocenters. The van der Waals surface area contributed by atoms with E-state index in [1.165, 1.54) is 31.3 Å². The van der Waals surface area contributed by atoms with Crippen LogP contribution in [0.3, 0.4) is 0 Å². The summed E-state index contributed by atoms with van der Waals surface area (Å²) in [5.41, 5.74) is 4.72. The van der Waals surface area contributed by atoms with Crippen LogP contribution in [0.1, 0.15) is 25.7 Å². The Morgan fingerprint density at radius 3 is 3.00 bits per heavy atom. The molecule has 1 atom stereocenters. The van der Waals surface area contributed by atoms with Crippen LogP contribution in [0.15, 0.2) is 47.1 Å². The first-order chi connectivity index (χ1) is 6.45. The summed E-state index contributed by atoms with van der Waals surface area (Å²) in [5.74, 6) is 0.748. The van der Waals surface area contributed by atoms with Gasteiger partial charge in [0.15, 0.2) is 0 Å². The van der Waals surface area contributed by atoms with E-state index in [4.69, 9.17) is 0 Å². The Morgan fingerprint density at radius 1 is 1.08 bits per heavy atom. The van der Waals surface area contributed by atoms with Crippen molar-refractivity contribution in [1.82, 2.24) is 0 Å². The first kappa shape index (κ1) is 7.37. The third kappa shape index (κ3) is 1.05. The number of rotatable bonds is 0. The molecule has 0 saturated carbocycles. The molecule has 0 aliphatic heterocycles. The van der Waals surface area contributed by atoms with Crippen molar-refractivity contribution in [3.63, 3.8) is 0 Å². The van der Waals surface area contributed by atoms with E-state index in [-0.39, 0.29) is 0 Å². The van der Waals surface area contributed by atoms with Gasteiger partial charge in [-0.05, 0) is 42.4 Å². The molecule has 0 radical (unpaired) electrons. The van der Waals surface area contributed by atoms with Gasteiger partial charge in [-0.15, -0.1) is 0 Å². The Kier molecular flexibility index (Phi) is 1.55. The summed E-state index contributed by atoms with van der Waals surface area (Å²) in [4.78, 5) is 0. The van der Waals surface area contributed by atoms with E-state index in [9.17, 15) is 0 Å². The molecule has 0 nitrogen and oxygen atoms in total. The topological polar surface area (TPSA) is 0 Å². The predicted octanol–water partition coefficient (Wildman–Crippen LogP) is 3.54. The highest BCUT2D eigenvalue weighted by atomic mass is 14.3. The van der Waals surface area contributed by atoms with Crippen molar-refractivity contribution < 1.29 is 0 Å². The maximum atomic E-state index is 2.50. The molecule has 3 rings (SSSR count). The number of hydrogen-bond acceptors (Lipinski definition) is 0. The second-order valence-corrected chi connectivity index (χ2v) is 4.09. The normalized spacial score (nSPS) is 30.2. The number of allylic oxidation sites excluding steroid dienone is 8. The minimum absolute atomic E-state index is 0.748. The van der Waals surface area contributed by atoms with Gasteiger partial charge in [-0.3, -0.25) is 0 Å². The third-order valence-electron chi connectivity index (χ3n) is 3.27. The molecule has 3 aliphatic rings. The SMILES string of the molecule is C1=CC2=C3C=CCCC3C=C2CC1. The molecule has 0 heteroatoms. The van der Waals surface area contributed by atoms with E-state index in [1.807, 2.05) is 0 Å². The molecule has 0 aromatic carbocycles. The molecule has 66 valence electrons. The molecule has 0 saturated heterocycles. The van der Waals surface area contributed by atoms with Gasteiger partial charge in [0.1, 0.15) is 0 Å². The van der Waals surface area contributed by atoms with E-state index in [0.29, 0.717) is 0 Å². The maximum absolute atomic E-state index is 2.50. The van der Waals surface area contributed by atoms with Crippen molar-refractivity contribution in [3.05, 3.63) is 47.1 Å². The number of fused-ring (bicyclic) bond motifs is 2. The zero-order valence-electron chi connectivity index (χ0n) is 7.79. The van der Waals surface area contributed by atoms with Crippen LogP contribution in [0.25, 0.3) is 0 Å². The van der Waals surface area contributed by atoms with Gasteiger partial charge in [0, 0.05) is 5.92 Å². The van der Waals surface area contributed by atoms with Crippen LogP contribution in [0.4, 0.5) is 0 Å². The Hall–Kier alpha value is -1.04. The van der Waals surface area contributed by atoms with Crippen LogP contribution in [0.2, 0.25) is 0 Å². The Labute approximate surface area is 79.3 Å². The smallest absolute Gasteiger partial charge is 0.00328 e. The van der Waals surface area contributed by atoms with Crippen molar-refractivity contribution in [2.45, 2.75) is 25.7 Å². The van der Waals surface area contributed by atoms with Gasteiger partial charge in [-0.2, -0.15) is 0 Å². The fourth-order valence-corrected chi connectivity index (χ4v) is 2.61. The first-order valence-electron chi connectivity index (χ1n) is 5.23. The molecular weight excluding hydrogens is 156 g/mol. The summed E-state index contributed by atoms with van der Waals surface area (Å²) >= 11 is 0. The molecule has 0 spiro atoms. The van der Waals surface area contributed by atoms with Crippen molar-refractivity contribution in [3.8, 4) is 0 Å². The van der Waals surface area contributed by atoms with Crippen LogP contribution in [0, 0.1) is 5.92 Å². The zero-order valence-corrected chi connectivity index (χ0v) is 7.79. The maximum Gasteiger partial charge on any atom is 0.00328 e. The number of hydrogen-bond donors (Lipinski definition) is 0. The summed E-state index contributed by atoms with van der Waals surface area (Å²) in [5, 5.41) is 0.